The maximum Gasteiger partial charge on any atom is 0.513 e. The number of methoxy groups -OCH3 is 1. The van der Waals surface area contributed by atoms with Gasteiger partial charge in [0, 0.05) is 12.2 Å². The van der Waals surface area contributed by atoms with Gasteiger partial charge < -0.3 is 19.1 Å². The molecule has 5 heteroatoms. The minimum absolute atomic E-state index is 0.261. The zero-order valence-corrected chi connectivity index (χ0v) is 14.3. The van der Waals surface area contributed by atoms with Crippen molar-refractivity contribution < 1.29 is 19.0 Å². The summed E-state index contributed by atoms with van der Waals surface area (Å²) in [7, 11) is 1.58. The van der Waals surface area contributed by atoms with Crippen LogP contribution in [0.25, 0.3) is 0 Å². The Morgan fingerprint density at radius 3 is 2.42 bits per heavy atom. The molecule has 128 valence electrons. The van der Waals surface area contributed by atoms with E-state index in [1.54, 1.807) is 31.4 Å². The smallest absolute Gasteiger partial charge is 0.497 e. The summed E-state index contributed by atoms with van der Waals surface area (Å²) in [6.45, 7) is 5.83. The third kappa shape index (κ3) is 5.19. The number of nitrogens with zero attached hydrogens (tertiary/aromatic N) is 1. The molecule has 2 aromatic rings. The van der Waals surface area contributed by atoms with Gasteiger partial charge in [-0.05, 0) is 55.8 Å². The van der Waals surface area contributed by atoms with E-state index in [9.17, 15) is 4.79 Å². The van der Waals surface area contributed by atoms with Gasteiger partial charge in [0.2, 0.25) is 0 Å². The number of benzene rings is 2. The highest BCUT2D eigenvalue weighted by Crippen LogP contribution is 2.18. The van der Waals surface area contributed by atoms with Crippen molar-refractivity contribution in [1.29, 1.82) is 0 Å². The molecule has 0 saturated heterocycles. The SMILES string of the molecule is CCN(CCOC(=O)Oc1ccc(OC)cc1)c1cccc(C)c1. The molecule has 2 rings (SSSR count). The highest BCUT2D eigenvalue weighted by atomic mass is 16.7. The van der Waals surface area contributed by atoms with E-state index >= 15 is 0 Å². The summed E-state index contributed by atoms with van der Waals surface area (Å²) >= 11 is 0. The molecule has 0 aliphatic rings. The minimum Gasteiger partial charge on any atom is -0.497 e. The molecule has 0 amide bonds. The molecule has 0 heterocycles. The Bertz CT molecular complexity index is 655. The lowest BCUT2D eigenvalue weighted by Crippen LogP contribution is -2.28. The van der Waals surface area contributed by atoms with Crippen molar-refractivity contribution in [2.24, 2.45) is 0 Å². The Balaban J connectivity index is 1.80. The van der Waals surface area contributed by atoms with E-state index in [4.69, 9.17) is 14.2 Å². The fourth-order valence-corrected chi connectivity index (χ4v) is 2.30. The Kier molecular flexibility index (Phi) is 6.49. The van der Waals surface area contributed by atoms with E-state index in [-0.39, 0.29) is 6.61 Å². The lowest BCUT2D eigenvalue weighted by molar-refractivity contribution is 0.101. The number of ether oxygens (including phenoxy) is 3. The average molecular weight is 329 g/mol. The Hall–Kier alpha value is -2.69. The second kappa shape index (κ2) is 8.82. The number of likely N-dealkylation sites (N-methyl/N-ethyl adjacent to an activating group) is 1. The molecule has 24 heavy (non-hydrogen) atoms. The molecule has 2 aromatic carbocycles. The quantitative estimate of drug-likeness (QED) is 0.566. The third-order valence-corrected chi connectivity index (χ3v) is 3.59. The summed E-state index contributed by atoms with van der Waals surface area (Å²) in [5, 5.41) is 0. The van der Waals surface area contributed by atoms with E-state index in [0.29, 0.717) is 18.0 Å². The van der Waals surface area contributed by atoms with Gasteiger partial charge in [0.15, 0.2) is 0 Å². The first kappa shape index (κ1) is 17.7. The van der Waals surface area contributed by atoms with E-state index < -0.39 is 6.16 Å². The molecular weight excluding hydrogens is 306 g/mol. The van der Waals surface area contributed by atoms with E-state index in [1.807, 2.05) is 12.1 Å². The van der Waals surface area contributed by atoms with Gasteiger partial charge in [-0.2, -0.15) is 0 Å². The van der Waals surface area contributed by atoms with Crippen molar-refractivity contribution in [1.82, 2.24) is 0 Å². The second-order valence-electron chi connectivity index (χ2n) is 5.29. The normalized spacial score (nSPS) is 10.1. The van der Waals surface area contributed by atoms with Crippen LogP contribution in [0, 0.1) is 6.92 Å². The lowest BCUT2D eigenvalue weighted by atomic mass is 10.2. The van der Waals surface area contributed by atoms with E-state index in [0.717, 1.165) is 12.2 Å². The average Bonchev–Trinajstić information content (AvgIpc) is 2.59. The predicted octanol–water partition coefficient (Wildman–Crippen LogP) is 4.05. The molecule has 0 fully saturated rings. The van der Waals surface area contributed by atoms with Crippen LogP contribution in [0.15, 0.2) is 48.5 Å². The molecular formula is C19H23NO4. The maximum absolute atomic E-state index is 11.7. The highest BCUT2D eigenvalue weighted by Gasteiger charge is 2.09. The first-order chi connectivity index (χ1) is 11.6. The van der Waals surface area contributed by atoms with E-state index in [2.05, 4.69) is 30.9 Å². The zero-order valence-electron chi connectivity index (χ0n) is 14.3. The summed E-state index contributed by atoms with van der Waals surface area (Å²) in [5.41, 5.74) is 2.32. The molecule has 0 N–H and O–H groups in total. The molecule has 0 spiro atoms. The highest BCUT2D eigenvalue weighted by molar-refractivity contribution is 5.64. The van der Waals surface area contributed by atoms with Gasteiger partial charge in [-0.25, -0.2) is 4.79 Å². The van der Waals surface area contributed by atoms with E-state index in [1.165, 1.54) is 5.56 Å². The number of hydrogen-bond acceptors (Lipinski definition) is 5. The number of anilines is 1. The van der Waals surface area contributed by atoms with Gasteiger partial charge in [-0.3, -0.25) is 0 Å². The van der Waals surface area contributed by atoms with Crippen LogP contribution in [0.5, 0.6) is 11.5 Å². The molecule has 0 saturated carbocycles. The van der Waals surface area contributed by atoms with Gasteiger partial charge >= 0.3 is 6.16 Å². The van der Waals surface area contributed by atoms with Crippen LogP contribution < -0.4 is 14.4 Å². The van der Waals surface area contributed by atoms with Gasteiger partial charge in [0.1, 0.15) is 18.1 Å². The summed E-state index contributed by atoms with van der Waals surface area (Å²) in [6.07, 6.45) is -0.708. The van der Waals surface area contributed by atoms with Gasteiger partial charge in [0.25, 0.3) is 0 Å². The third-order valence-electron chi connectivity index (χ3n) is 3.59. The van der Waals surface area contributed by atoms with Crippen LogP contribution >= 0.6 is 0 Å². The summed E-state index contributed by atoms with van der Waals surface area (Å²) in [5.74, 6) is 1.12. The molecule has 0 unspecified atom stereocenters. The first-order valence-corrected chi connectivity index (χ1v) is 7.92. The fraction of sp³-hybridized carbons (Fsp3) is 0.316. The monoisotopic (exact) mass is 329 g/mol. The Morgan fingerprint density at radius 1 is 1.08 bits per heavy atom. The zero-order chi connectivity index (χ0) is 17.4. The number of aryl methyl sites for hydroxylation is 1. The number of carbonyl (C=O) groups excluding carboxylic acids is 1. The largest absolute Gasteiger partial charge is 0.513 e. The lowest BCUT2D eigenvalue weighted by Gasteiger charge is -2.23. The van der Waals surface area contributed by atoms with Crippen molar-refractivity contribution in [3.8, 4) is 11.5 Å². The molecule has 5 nitrogen and oxygen atoms in total. The molecule has 0 aromatic heterocycles. The standard InChI is InChI=1S/C19H23NO4/c1-4-20(16-7-5-6-15(2)14-16)12-13-23-19(21)24-18-10-8-17(22-3)9-11-18/h5-11,14H,4,12-13H2,1-3H3. The molecule has 0 aliphatic heterocycles. The molecule has 0 radical (unpaired) electrons. The fourth-order valence-electron chi connectivity index (χ4n) is 2.30. The van der Waals surface area contributed by atoms with Gasteiger partial charge in [-0.1, -0.05) is 12.1 Å². The van der Waals surface area contributed by atoms with Crippen LogP contribution in [0.1, 0.15) is 12.5 Å². The van der Waals surface area contributed by atoms with Crippen molar-refractivity contribution in [3.63, 3.8) is 0 Å². The van der Waals surface area contributed by atoms with Crippen molar-refractivity contribution in [3.05, 3.63) is 54.1 Å². The Morgan fingerprint density at radius 2 is 1.79 bits per heavy atom. The van der Waals surface area contributed by atoms with Gasteiger partial charge in [-0.15, -0.1) is 0 Å². The molecule has 0 atom stereocenters. The van der Waals surface area contributed by atoms with Crippen LogP contribution in [0.3, 0.4) is 0 Å². The number of carbonyl (C=O) groups is 1. The maximum atomic E-state index is 11.7. The molecule has 0 aliphatic carbocycles. The summed E-state index contributed by atoms with van der Waals surface area (Å²) < 4.78 is 15.3. The van der Waals surface area contributed by atoms with Crippen LogP contribution in [0.2, 0.25) is 0 Å². The second-order valence-corrected chi connectivity index (χ2v) is 5.29. The van der Waals surface area contributed by atoms with Crippen LogP contribution in [-0.4, -0.2) is 33.0 Å². The summed E-state index contributed by atoms with van der Waals surface area (Å²) in [6, 6.07) is 15.0. The van der Waals surface area contributed by atoms with Crippen LogP contribution in [0.4, 0.5) is 10.5 Å². The van der Waals surface area contributed by atoms with Crippen molar-refractivity contribution in [2.75, 3.05) is 31.7 Å². The summed E-state index contributed by atoms with van der Waals surface area (Å²) in [4.78, 5) is 13.9. The first-order valence-electron chi connectivity index (χ1n) is 7.92. The van der Waals surface area contributed by atoms with Crippen LogP contribution in [-0.2, 0) is 4.74 Å². The minimum atomic E-state index is -0.708. The van der Waals surface area contributed by atoms with Crippen molar-refractivity contribution >= 4 is 11.8 Å². The van der Waals surface area contributed by atoms with Gasteiger partial charge in [0.05, 0.1) is 13.7 Å². The number of rotatable bonds is 7. The topological polar surface area (TPSA) is 48.0 Å². The predicted molar refractivity (Wildman–Crippen MR) is 94.0 cm³/mol. The molecule has 0 bridgehead atoms. The number of hydrogen-bond donors (Lipinski definition) is 0. The van der Waals surface area contributed by atoms with Crippen molar-refractivity contribution in [2.45, 2.75) is 13.8 Å². The Labute approximate surface area is 142 Å².